The highest BCUT2D eigenvalue weighted by molar-refractivity contribution is 7.90. The van der Waals surface area contributed by atoms with E-state index >= 15 is 0 Å². The summed E-state index contributed by atoms with van der Waals surface area (Å²) >= 11 is 11.6. The third-order valence-electron chi connectivity index (χ3n) is 2.75. The summed E-state index contributed by atoms with van der Waals surface area (Å²) in [5.41, 5.74) is 0.684. The minimum absolute atomic E-state index is 0.0511. The third kappa shape index (κ3) is 4.37. The van der Waals surface area contributed by atoms with Gasteiger partial charge in [-0.3, -0.25) is 0 Å². The lowest BCUT2D eigenvalue weighted by Gasteiger charge is -2.09. The first-order valence-electron chi connectivity index (χ1n) is 6.18. The number of carbonyl (C=O) groups excluding carboxylic acids is 1. The second-order valence-corrected chi connectivity index (χ2v) is 6.86. The van der Waals surface area contributed by atoms with Gasteiger partial charge in [0.2, 0.25) is 0 Å². The van der Waals surface area contributed by atoms with Gasteiger partial charge in [-0.2, -0.15) is 0 Å². The van der Waals surface area contributed by atoms with Gasteiger partial charge < -0.3 is 5.32 Å². The lowest BCUT2D eigenvalue weighted by molar-refractivity contribution is 0.245. The van der Waals surface area contributed by atoms with E-state index in [1.807, 2.05) is 4.72 Å². The number of hydrogen-bond acceptors (Lipinski definition) is 3. The molecule has 116 valence electrons. The number of sulfonamides is 1. The van der Waals surface area contributed by atoms with Gasteiger partial charge in [-0.25, -0.2) is 17.9 Å². The van der Waals surface area contributed by atoms with Crippen LogP contribution in [0.3, 0.4) is 0 Å². The van der Waals surface area contributed by atoms with Crippen LogP contribution in [0.1, 0.15) is 5.56 Å². The predicted molar refractivity (Wildman–Crippen MR) is 85.5 cm³/mol. The quantitative estimate of drug-likeness (QED) is 0.881. The van der Waals surface area contributed by atoms with Gasteiger partial charge in [0.15, 0.2) is 0 Å². The van der Waals surface area contributed by atoms with Crippen molar-refractivity contribution < 1.29 is 13.2 Å². The maximum absolute atomic E-state index is 12.0. The van der Waals surface area contributed by atoms with Crippen molar-refractivity contribution in [2.45, 2.75) is 11.4 Å². The normalized spacial score (nSPS) is 11.0. The lowest BCUT2D eigenvalue weighted by atomic mass is 10.2. The average molecular weight is 359 g/mol. The Bertz CT molecular complexity index is 777. The van der Waals surface area contributed by atoms with Gasteiger partial charge in [0, 0.05) is 16.6 Å². The largest absolute Gasteiger partial charge is 0.333 e. The molecule has 0 aliphatic rings. The number of rotatable bonds is 4. The number of amides is 2. The highest BCUT2D eigenvalue weighted by Crippen LogP contribution is 2.15. The van der Waals surface area contributed by atoms with Crippen LogP contribution in [-0.4, -0.2) is 14.4 Å². The molecule has 0 spiro atoms. The van der Waals surface area contributed by atoms with Crippen molar-refractivity contribution in [3.05, 3.63) is 64.1 Å². The number of benzene rings is 2. The summed E-state index contributed by atoms with van der Waals surface area (Å²) in [5.74, 6) is 0. The van der Waals surface area contributed by atoms with Crippen LogP contribution in [-0.2, 0) is 16.6 Å². The third-order valence-corrected chi connectivity index (χ3v) is 4.72. The highest BCUT2D eigenvalue weighted by Gasteiger charge is 2.17. The molecule has 0 fully saturated rings. The minimum Gasteiger partial charge on any atom is -0.333 e. The summed E-state index contributed by atoms with van der Waals surface area (Å²) < 4.78 is 25.9. The Hall–Kier alpha value is -1.76. The molecule has 0 radical (unpaired) electrons. The van der Waals surface area contributed by atoms with Gasteiger partial charge >= 0.3 is 6.03 Å². The van der Waals surface area contributed by atoms with Crippen LogP contribution in [0.25, 0.3) is 0 Å². The number of carbonyl (C=O) groups is 1. The molecule has 8 heteroatoms. The van der Waals surface area contributed by atoms with Crippen LogP contribution in [0.2, 0.25) is 10.0 Å². The van der Waals surface area contributed by atoms with Crippen molar-refractivity contribution >= 4 is 39.3 Å². The van der Waals surface area contributed by atoms with E-state index in [1.165, 1.54) is 24.3 Å². The Kier molecular flexibility index (Phi) is 5.28. The van der Waals surface area contributed by atoms with Gasteiger partial charge in [-0.15, -0.1) is 0 Å². The first kappa shape index (κ1) is 16.6. The van der Waals surface area contributed by atoms with Crippen molar-refractivity contribution in [3.8, 4) is 0 Å². The van der Waals surface area contributed by atoms with Crippen molar-refractivity contribution in [3.63, 3.8) is 0 Å². The Morgan fingerprint density at radius 3 is 2.27 bits per heavy atom. The first-order chi connectivity index (χ1) is 10.4. The van der Waals surface area contributed by atoms with Crippen LogP contribution >= 0.6 is 23.2 Å². The monoisotopic (exact) mass is 358 g/mol. The molecule has 2 aromatic rings. The molecular formula is C14H12Cl2N2O3S. The van der Waals surface area contributed by atoms with E-state index in [9.17, 15) is 13.2 Å². The van der Waals surface area contributed by atoms with Gasteiger partial charge in [0.05, 0.1) is 4.90 Å². The topological polar surface area (TPSA) is 75.3 Å². The van der Waals surface area contributed by atoms with Crippen LogP contribution in [0.4, 0.5) is 4.79 Å². The molecule has 0 bridgehead atoms. The zero-order chi connectivity index (χ0) is 16.2. The Morgan fingerprint density at radius 2 is 1.64 bits per heavy atom. The van der Waals surface area contributed by atoms with Crippen molar-refractivity contribution in [2.24, 2.45) is 0 Å². The Morgan fingerprint density at radius 1 is 1.00 bits per heavy atom. The van der Waals surface area contributed by atoms with Crippen LogP contribution in [0.5, 0.6) is 0 Å². The Balaban J connectivity index is 1.99. The molecule has 0 unspecified atom stereocenters. The van der Waals surface area contributed by atoms with E-state index in [1.54, 1.807) is 24.3 Å². The summed E-state index contributed by atoms with van der Waals surface area (Å²) in [7, 11) is -3.94. The second-order valence-electron chi connectivity index (χ2n) is 4.33. The zero-order valence-corrected chi connectivity index (χ0v) is 13.5. The van der Waals surface area contributed by atoms with Crippen LogP contribution < -0.4 is 10.0 Å². The lowest BCUT2D eigenvalue weighted by Crippen LogP contribution is -2.39. The molecule has 0 aliphatic carbocycles. The van der Waals surface area contributed by atoms with E-state index in [0.29, 0.717) is 15.6 Å². The van der Waals surface area contributed by atoms with Crippen molar-refractivity contribution in [2.75, 3.05) is 0 Å². The first-order valence-corrected chi connectivity index (χ1v) is 8.42. The molecule has 0 aliphatic heterocycles. The molecule has 0 atom stereocenters. The second kappa shape index (κ2) is 7.00. The fourth-order valence-corrected chi connectivity index (χ4v) is 2.91. The number of nitrogens with one attached hydrogen (secondary N) is 2. The summed E-state index contributed by atoms with van der Waals surface area (Å²) in [6.45, 7) is 0.113. The number of hydrogen-bond donors (Lipinski definition) is 2. The highest BCUT2D eigenvalue weighted by atomic mass is 35.5. The number of halogens is 2. The molecule has 0 saturated carbocycles. The standard InChI is InChI=1S/C14H12Cl2N2O3S/c15-11-5-7-12(8-6-11)22(20,21)18-14(19)17-9-10-3-1-2-4-13(10)16/h1-8H,9H2,(H2,17,18,19). The van der Waals surface area contributed by atoms with Gasteiger partial charge in [0.1, 0.15) is 0 Å². The van der Waals surface area contributed by atoms with Crippen LogP contribution in [0, 0.1) is 0 Å². The molecular weight excluding hydrogens is 347 g/mol. The molecule has 22 heavy (non-hydrogen) atoms. The maximum Gasteiger partial charge on any atom is 0.328 e. The van der Waals surface area contributed by atoms with Gasteiger partial charge in [-0.1, -0.05) is 41.4 Å². The van der Waals surface area contributed by atoms with Gasteiger partial charge in [-0.05, 0) is 35.9 Å². The van der Waals surface area contributed by atoms with E-state index in [-0.39, 0.29) is 11.4 Å². The smallest absolute Gasteiger partial charge is 0.328 e. The predicted octanol–water partition coefficient (Wildman–Crippen LogP) is 3.18. The van der Waals surface area contributed by atoms with Gasteiger partial charge in [0.25, 0.3) is 10.0 Å². The molecule has 0 aromatic heterocycles. The molecule has 2 amide bonds. The SMILES string of the molecule is O=C(NCc1ccccc1Cl)NS(=O)(=O)c1ccc(Cl)cc1. The van der Waals surface area contributed by atoms with E-state index in [2.05, 4.69) is 5.32 Å². The molecule has 2 N–H and O–H groups in total. The molecule has 5 nitrogen and oxygen atoms in total. The van der Waals surface area contributed by atoms with E-state index < -0.39 is 16.1 Å². The van der Waals surface area contributed by atoms with Crippen molar-refractivity contribution in [1.82, 2.24) is 10.0 Å². The number of urea groups is 1. The van der Waals surface area contributed by atoms with Crippen LogP contribution in [0.15, 0.2) is 53.4 Å². The van der Waals surface area contributed by atoms with E-state index in [4.69, 9.17) is 23.2 Å². The fraction of sp³-hybridized carbons (Fsp3) is 0.0714. The molecule has 2 aromatic carbocycles. The zero-order valence-electron chi connectivity index (χ0n) is 11.2. The van der Waals surface area contributed by atoms with Crippen molar-refractivity contribution in [1.29, 1.82) is 0 Å². The Labute approximate surface area is 138 Å². The summed E-state index contributed by atoms with van der Waals surface area (Å²) in [5, 5.41) is 3.33. The fourth-order valence-electron chi connectivity index (χ4n) is 1.65. The molecule has 2 rings (SSSR count). The summed E-state index contributed by atoms with van der Waals surface area (Å²) in [6, 6.07) is 11.6. The molecule has 0 saturated heterocycles. The van der Waals surface area contributed by atoms with E-state index in [0.717, 1.165) is 0 Å². The minimum atomic E-state index is -3.94. The summed E-state index contributed by atoms with van der Waals surface area (Å²) in [4.78, 5) is 11.7. The summed E-state index contributed by atoms with van der Waals surface area (Å²) in [6.07, 6.45) is 0. The molecule has 0 heterocycles. The maximum atomic E-state index is 12.0. The average Bonchev–Trinajstić information content (AvgIpc) is 2.46.